The van der Waals surface area contributed by atoms with Gasteiger partial charge < -0.3 is 10.0 Å². The van der Waals surface area contributed by atoms with Gasteiger partial charge in [0.05, 0.1) is 0 Å². The van der Waals surface area contributed by atoms with Gasteiger partial charge in [-0.05, 0) is 48.4 Å². The Morgan fingerprint density at radius 2 is 1.46 bits per heavy atom. The molecule has 3 aromatic rings. The third-order valence-corrected chi connectivity index (χ3v) is 5.82. The molecule has 1 N–H and O–H groups in total. The molecule has 2 heterocycles. The normalized spacial score (nSPS) is 15.6. The molecular weight excluding hydrogens is 370 g/mol. The van der Waals surface area contributed by atoms with Gasteiger partial charge in [-0.1, -0.05) is 60.7 Å². The van der Waals surface area contributed by atoms with Gasteiger partial charge in [0.25, 0.3) is 0 Å². The van der Waals surface area contributed by atoms with Crippen molar-refractivity contribution < 1.29 is 5.11 Å². The van der Waals surface area contributed by atoms with E-state index in [1.807, 2.05) is 73.7 Å². The second-order valence-electron chi connectivity index (χ2n) is 7.40. The summed E-state index contributed by atoms with van der Waals surface area (Å²) < 4.78 is 0. The van der Waals surface area contributed by atoms with E-state index in [1.165, 1.54) is 0 Å². The number of benzene rings is 2. The molecule has 0 aliphatic carbocycles. The van der Waals surface area contributed by atoms with Crippen molar-refractivity contribution in [1.29, 1.82) is 0 Å². The summed E-state index contributed by atoms with van der Waals surface area (Å²) in [7, 11) is 0. The number of rotatable bonds is 4. The molecule has 0 radical (unpaired) electrons. The summed E-state index contributed by atoms with van der Waals surface area (Å²) in [6.07, 6.45) is 1.72. The van der Waals surface area contributed by atoms with Gasteiger partial charge in [-0.15, -0.1) is 0 Å². The maximum absolute atomic E-state index is 12.0. The molecule has 1 aromatic heterocycles. The Labute approximate surface area is 170 Å². The van der Waals surface area contributed by atoms with Crippen LogP contribution in [0.3, 0.4) is 0 Å². The van der Waals surface area contributed by atoms with Crippen molar-refractivity contribution in [3.63, 3.8) is 0 Å². The van der Waals surface area contributed by atoms with Gasteiger partial charge in [-0.3, -0.25) is 0 Å². The van der Waals surface area contributed by atoms with Crippen LogP contribution in [0.25, 0.3) is 0 Å². The molecule has 5 heteroatoms. The first-order valence-corrected chi connectivity index (χ1v) is 10.0. The molecule has 1 fully saturated rings. The monoisotopic (exact) mass is 393 g/mol. The van der Waals surface area contributed by atoms with Crippen molar-refractivity contribution >= 4 is 17.4 Å². The highest BCUT2D eigenvalue weighted by molar-refractivity contribution is 6.28. The first-order valence-electron chi connectivity index (χ1n) is 9.67. The van der Waals surface area contributed by atoms with E-state index >= 15 is 0 Å². The smallest absolute Gasteiger partial charge is 0.224 e. The van der Waals surface area contributed by atoms with E-state index in [-0.39, 0.29) is 11.2 Å². The predicted octanol–water partition coefficient (Wildman–Crippen LogP) is 4.59. The fourth-order valence-corrected chi connectivity index (χ4v) is 4.45. The van der Waals surface area contributed by atoms with Crippen LogP contribution in [-0.2, 0) is 5.60 Å². The first kappa shape index (κ1) is 18.9. The molecule has 0 bridgehead atoms. The van der Waals surface area contributed by atoms with Crippen LogP contribution in [0.5, 0.6) is 0 Å². The summed E-state index contributed by atoms with van der Waals surface area (Å²) in [6.45, 7) is 3.56. The van der Waals surface area contributed by atoms with E-state index in [1.54, 1.807) is 0 Å². The highest BCUT2D eigenvalue weighted by Crippen LogP contribution is 2.42. The van der Waals surface area contributed by atoms with Crippen molar-refractivity contribution in [2.24, 2.45) is 5.92 Å². The van der Waals surface area contributed by atoms with Gasteiger partial charge in [0.1, 0.15) is 11.4 Å². The van der Waals surface area contributed by atoms with E-state index in [0.29, 0.717) is 0 Å². The van der Waals surface area contributed by atoms with E-state index in [2.05, 4.69) is 14.9 Å². The Morgan fingerprint density at radius 1 is 0.929 bits per heavy atom. The van der Waals surface area contributed by atoms with E-state index in [0.717, 1.165) is 48.6 Å². The zero-order valence-corrected chi connectivity index (χ0v) is 16.7. The topological polar surface area (TPSA) is 49.2 Å². The average molecular weight is 394 g/mol. The molecule has 0 amide bonds. The van der Waals surface area contributed by atoms with E-state index in [4.69, 9.17) is 11.6 Å². The minimum absolute atomic E-state index is 0.118. The molecule has 2 aromatic carbocycles. The summed E-state index contributed by atoms with van der Waals surface area (Å²) >= 11 is 6.04. The largest absolute Gasteiger partial charge is 0.380 e. The molecule has 4 nitrogen and oxygen atoms in total. The minimum atomic E-state index is -1.01. The van der Waals surface area contributed by atoms with Crippen molar-refractivity contribution in [3.8, 4) is 0 Å². The maximum atomic E-state index is 12.0. The summed E-state index contributed by atoms with van der Waals surface area (Å²) in [5.74, 6) is 0.978. The molecule has 0 unspecified atom stereocenters. The second-order valence-corrected chi connectivity index (χ2v) is 7.73. The molecule has 0 spiro atoms. The van der Waals surface area contributed by atoms with Crippen LogP contribution in [0.2, 0.25) is 5.28 Å². The predicted molar refractivity (Wildman–Crippen MR) is 113 cm³/mol. The third-order valence-electron chi connectivity index (χ3n) is 5.65. The summed E-state index contributed by atoms with van der Waals surface area (Å²) in [5.41, 5.74) is 1.75. The van der Waals surface area contributed by atoms with Gasteiger partial charge >= 0.3 is 0 Å². The Morgan fingerprint density at radius 3 is 1.96 bits per heavy atom. The Bertz CT molecular complexity index is 865. The lowest BCUT2D eigenvalue weighted by atomic mass is 9.72. The van der Waals surface area contributed by atoms with Crippen LogP contribution in [-0.4, -0.2) is 28.2 Å². The number of aliphatic hydroxyl groups is 1. The molecule has 1 saturated heterocycles. The Kier molecular flexibility index (Phi) is 5.33. The maximum Gasteiger partial charge on any atom is 0.224 e. The molecule has 144 valence electrons. The zero-order valence-electron chi connectivity index (χ0n) is 15.9. The highest BCUT2D eigenvalue weighted by Gasteiger charge is 2.41. The van der Waals surface area contributed by atoms with Gasteiger partial charge in [0, 0.05) is 24.8 Å². The van der Waals surface area contributed by atoms with Crippen LogP contribution < -0.4 is 4.90 Å². The lowest BCUT2D eigenvalue weighted by molar-refractivity contribution is 0.00500. The molecule has 4 rings (SSSR count). The van der Waals surface area contributed by atoms with Crippen LogP contribution in [0.1, 0.15) is 29.7 Å². The molecule has 1 aliphatic heterocycles. The van der Waals surface area contributed by atoms with Gasteiger partial charge in [0.2, 0.25) is 5.28 Å². The summed E-state index contributed by atoms with van der Waals surface area (Å²) in [4.78, 5) is 10.8. The van der Waals surface area contributed by atoms with Crippen LogP contribution in [0.4, 0.5) is 5.82 Å². The quantitative estimate of drug-likeness (QED) is 0.658. The average Bonchev–Trinajstić information content (AvgIpc) is 2.74. The summed E-state index contributed by atoms with van der Waals surface area (Å²) in [6, 6.07) is 22.0. The third kappa shape index (κ3) is 3.62. The molecule has 0 saturated carbocycles. The second kappa shape index (κ2) is 7.90. The highest BCUT2D eigenvalue weighted by atomic mass is 35.5. The standard InChI is InChI=1S/C23H24ClN3O/c1-17-16-21(26-22(24)25-17)27-14-12-20(13-15-27)23(28,18-8-4-2-5-9-18)19-10-6-3-7-11-19/h2-11,16,20,28H,12-15H2,1H3. The zero-order chi connectivity index (χ0) is 19.6. The van der Waals surface area contributed by atoms with Gasteiger partial charge in [-0.25, -0.2) is 9.97 Å². The van der Waals surface area contributed by atoms with Crippen LogP contribution in [0, 0.1) is 12.8 Å². The first-order chi connectivity index (χ1) is 13.6. The number of aryl methyl sites for hydroxylation is 1. The number of nitrogens with zero attached hydrogens (tertiary/aromatic N) is 3. The van der Waals surface area contributed by atoms with Crippen molar-refractivity contribution in [2.45, 2.75) is 25.4 Å². The number of piperidine rings is 1. The lowest BCUT2D eigenvalue weighted by Gasteiger charge is -2.42. The molecular formula is C23H24ClN3O. The fourth-order valence-electron chi connectivity index (χ4n) is 4.23. The number of hydrogen-bond donors (Lipinski definition) is 1. The molecule has 28 heavy (non-hydrogen) atoms. The number of hydrogen-bond acceptors (Lipinski definition) is 4. The minimum Gasteiger partial charge on any atom is -0.380 e. The Balaban J connectivity index is 1.61. The molecule has 1 aliphatic rings. The number of aromatic nitrogens is 2. The van der Waals surface area contributed by atoms with Gasteiger partial charge in [-0.2, -0.15) is 0 Å². The van der Waals surface area contributed by atoms with Crippen molar-refractivity contribution in [3.05, 3.63) is 88.8 Å². The lowest BCUT2D eigenvalue weighted by Crippen LogP contribution is -2.44. The van der Waals surface area contributed by atoms with Crippen molar-refractivity contribution in [2.75, 3.05) is 18.0 Å². The molecule has 0 atom stereocenters. The van der Waals surface area contributed by atoms with Crippen LogP contribution >= 0.6 is 11.6 Å². The fraction of sp³-hybridized carbons (Fsp3) is 0.304. The van der Waals surface area contributed by atoms with Crippen LogP contribution in [0.15, 0.2) is 66.7 Å². The van der Waals surface area contributed by atoms with E-state index < -0.39 is 5.60 Å². The summed E-state index contributed by atoms with van der Waals surface area (Å²) in [5, 5.41) is 12.2. The van der Waals surface area contributed by atoms with Crippen molar-refractivity contribution in [1.82, 2.24) is 9.97 Å². The SMILES string of the molecule is Cc1cc(N2CCC(C(O)(c3ccccc3)c3ccccc3)CC2)nc(Cl)n1. The Hall–Kier alpha value is -2.43. The van der Waals surface area contributed by atoms with E-state index in [9.17, 15) is 5.11 Å². The number of halogens is 1. The van der Waals surface area contributed by atoms with Gasteiger partial charge in [0.15, 0.2) is 0 Å². The number of anilines is 1.